The van der Waals surface area contributed by atoms with Crippen molar-refractivity contribution in [3.63, 3.8) is 0 Å². The van der Waals surface area contributed by atoms with E-state index in [2.05, 4.69) is 27.0 Å². The number of hydrogen-bond acceptors (Lipinski definition) is 4. The Morgan fingerprint density at radius 1 is 1.29 bits per heavy atom. The molecule has 1 aromatic heterocycles. The van der Waals surface area contributed by atoms with Crippen molar-refractivity contribution in [3.8, 4) is 5.75 Å². The lowest BCUT2D eigenvalue weighted by Crippen LogP contribution is -2.45. The zero-order valence-corrected chi connectivity index (χ0v) is 12.8. The van der Waals surface area contributed by atoms with E-state index in [1.54, 1.807) is 18.4 Å². The van der Waals surface area contributed by atoms with Gasteiger partial charge in [-0.05, 0) is 28.5 Å². The van der Waals surface area contributed by atoms with Crippen molar-refractivity contribution in [2.75, 3.05) is 33.3 Å². The highest BCUT2D eigenvalue weighted by atomic mass is 32.1. The average Bonchev–Trinajstić information content (AvgIpc) is 3.04. The highest BCUT2D eigenvalue weighted by Crippen LogP contribution is 2.36. The van der Waals surface area contributed by atoms with Crippen molar-refractivity contribution >= 4 is 11.3 Å². The SMILES string of the molecule is COc1cc(F)ccc1[C@@H](c1ccsc1)N1CCNCC1. The van der Waals surface area contributed by atoms with E-state index in [1.165, 1.54) is 17.7 Å². The first-order valence-corrected chi connectivity index (χ1v) is 8.04. The van der Waals surface area contributed by atoms with Gasteiger partial charge in [-0.1, -0.05) is 6.07 Å². The van der Waals surface area contributed by atoms with E-state index < -0.39 is 0 Å². The van der Waals surface area contributed by atoms with Crippen molar-refractivity contribution < 1.29 is 9.13 Å². The molecule has 0 aliphatic carbocycles. The van der Waals surface area contributed by atoms with Crippen LogP contribution in [0.4, 0.5) is 4.39 Å². The number of benzene rings is 1. The van der Waals surface area contributed by atoms with Crippen LogP contribution in [-0.4, -0.2) is 38.2 Å². The van der Waals surface area contributed by atoms with Gasteiger partial charge in [0.25, 0.3) is 0 Å². The van der Waals surface area contributed by atoms with Crippen LogP contribution in [0.3, 0.4) is 0 Å². The second kappa shape index (κ2) is 6.56. The summed E-state index contributed by atoms with van der Waals surface area (Å²) in [7, 11) is 1.60. The molecule has 1 atom stereocenters. The van der Waals surface area contributed by atoms with Gasteiger partial charge in [-0.2, -0.15) is 11.3 Å². The van der Waals surface area contributed by atoms with E-state index in [0.717, 1.165) is 31.7 Å². The Labute approximate surface area is 128 Å². The van der Waals surface area contributed by atoms with E-state index in [1.807, 2.05) is 6.07 Å². The lowest BCUT2D eigenvalue weighted by Gasteiger charge is -2.35. The molecule has 1 saturated heterocycles. The van der Waals surface area contributed by atoms with Gasteiger partial charge in [0.1, 0.15) is 11.6 Å². The summed E-state index contributed by atoms with van der Waals surface area (Å²) in [6.07, 6.45) is 0. The summed E-state index contributed by atoms with van der Waals surface area (Å²) in [6, 6.07) is 7.09. The molecule has 1 N–H and O–H groups in total. The number of ether oxygens (including phenoxy) is 1. The van der Waals surface area contributed by atoms with E-state index in [9.17, 15) is 4.39 Å². The molecule has 0 saturated carbocycles. The lowest BCUT2D eigenvalue weighted by molar-refractivity contribution is 0.195. The lowest BCUT2D eigenvalue weighted by atomic mass is 9.97. The van der Waals surface area contributed by atoms with Crippen LogP contribution in [0, 0.1) is 5.82 Å². The molecule has 1 aliphatic heterocycles. The van der Waals surface area contributed by atoms with E-state index in [0.29, 0.717) is 5.75 Å². The van der Waals surface area contributed by atoms with Gasteiger partial charge in [0.2, 0.25) is 0 Å². The maximum Gasteiger partial charge on any atom is 0.126 e. The molecule has 1 fully saturated rings. The minimum absolute atomic E-state index is 0.119. The number of piperazine rings is 1. The second-order valence-corrected chi connectivity index (χ2v) is 5.91. The quantitative estimate of drug-likeness (QED) is 0.940. The third-order valence-electron chi connectivity index (χ3n) is 3.87. The molecule has 3 rings (SSSR count). The normalized spacial score (nSPS) is 17.6. The molecular weight excluding hydrogens is 287 g/mol. The van der Waals surface area contributed by atoms with Crippen molar-refractivity contribution in [3.05, 3.63) is 52.0 Å². The first-order valence-electron chi connectivity index (χ1n) is 7.10. The Morgan fingerprint density at radius 3 is 2.76 bits per heavy atom. The zero-order valence-electron chi connectivity index (χ0n) is 12.0. The third-order valence-corrected chi connectivity index (χ3v) is 4.57. The van der Waals surface area contributed by atoms with E-state index in [-0.39, 0.29) is 11.9 Å². The summed E-state index contributed by atoms with van der Waals surface area (Å²) in [5.74, 6) is 0.352. The number of rotatable bonds is 4. The predicted molar refractivity (Wildman–Crippen MR) is 83.6 cm³/mol. The number of halogens is 1. The summed E-state index contributed by atoms with van der Waals surface area (Å²) in [5, 5.41) is 7.62. The van der Waals surface area contributed by atoms with Gasteiger partial charge in [-0.3, -0.25) is 4.90 Å². The summed E-state index contributed by atoms with van der Waals surface area (Å²) in [5.41, 5.74) is 2.27. The summed E-state index contributed by atoms with van der Waals surface area (Å²) in [4.78, 5) is 2.42. The highest BCUT2D eigenvalue weighted by molar-refractivity contribution is 7.08. The van der Waals surface area contributed by atoms with E-state index in [4.69, 9.17) is 4.74 Å². The highest BCUT2D eigenvalue weighted by Gasteiger charge is 2.26. The van der Waals surface area contributed by atoms with Gasteiger partial charge in [-0.25, -0.2) is 4.39 Å². The van der Waals surface area contributed by atoms with Gasteiger partial charge in [-0.15, -0.1) is 0 Å². The molecule has 0 radical (unpaired) electrons. The van der Waals surface area contributed by atoms with Crippen LogP contribution in [0.1, 0.15) is 17.2 Å². The largest absolute Gasteiger partial charge is 0.496 e. The fourth-order valence-electron chi connectivity index (χ4n) is 2.87. The first kappa shape index (κ1) is 14.5. The van der Waals surface area contributed by atoms with Crippen molar-refractivity contribution in [2.45, 2.75) is 6.04 Å². The van der Waals surface area contributed by atoms with Crippen LogP contribution in [0.15, 0.2) is 35.0 Å². The van der Waals surface area contributed by atoms with Gasteiger partial charge in [0.05, 0.1) is 13.2 Å². The molecule has 1 aromatic carbocycles. The van der Waals surface area contributed by atoms with Gasteiger partial charge in [0, 0.05) is 37.8 Å². The Kier molecular flexibility index (Phi) is 4.53. The molecule has 3 nitrogen and oxygen atoms in total. The number of nitrogens with one attached hydrogen (secondary N) is 1. The van der Waals surface area contributed by atoms with Gasteiger partial charge < -0.3 is 10.1 Å². The number of hydrogen-bond donors (Lipinski definition) is 1. The average molecular weight is 306 g/mol. The maximum atomic E-state index is 13.5. The number of nitrogens with zero attached hydrogens (tertiary/aromatic N) is 1. The third kappa shape index (κ3) is 3.10. The Hall–Kier alpha value is -1.43. The number of thiophene rings is 1. The standard InChI is InChI=1S/C16H19FN2OS/c1-20-15-10-13(17)2-3-14(15)16(12-4-9-21-11-12)19-7-5-18-6-8-19/h2-4,9-11,16,18H,5-8H2,1H3/t16-/m1/s1. The summed E-state index contributed by atoms with van der Waals surface area (Å²) in [6.45, 7) is 3.90. The topological polar surface area (TPSA) is 24.5 Å². The van der Waals surface area contributed by atoms with Crippen LogP contribution < -0.4 is 10.1 Å². The molecule has 0 amide bonds. The minimum Gasteiger partial charge on any atom is -0.496 e. The fourth-order valence-corrected chi connectivity index (χ4v) is 3.55. The van der Waals surface area contributed by atoms with Crippen LogP contribution in [0.25, 0.3) is 0 Å². The molecule has 21 heavy (non-hydrogen) atoms. The fraction of sp³-hybridized carbons (Fsp3) is 0.375. The first-order chi connectivity index (χ1) is 10.3. The van der Waals surface area contributed by atoms with Crippen molar-refractivity contribution in [1.29, 1.82) is 0 Å². The second-order valence-electron chi connectivity index (χ2n) is 5.13. The van der Waals surface area contributed by atoms with Crippen LogP contribution >= 0.6 is 11.3 Å². The van der Waals surface area contributed by atoms with Crippen LogP contribution in [-0.2, 0) is 0 Å². The van der Waals surface area contributed by atoms with Gasteiger partial charge in [0.15, 0.2) is 0 Å². The van der Waals surface area contributed by atoms with E-state index >= 15 is 0 Å². The Morgan fingerprint density at radius 2 is 2.10 bits per heavy atom. The van der Waals surface area contributed by atoms with Crippen molar-refractivity contribution in [1.82, 2.24) is 10.2 Å². The van der Waals surface area contributed by atoms with Crippen molar-refractivity contribution in [2.24, 2.45) is 0 Å². The molecule has 0 bridgehead atoms. The molecule has 0 unspecified atom stereocenters. The monoisotopic (exact) mass is 306 g/mol. The maximum absolute atomic E-state index is 13.5. The predicted octanol–water partition coefficient (Wildman–Crippen LogP) is 2.89. The molecule has 112 valence electrons. The molecule has 1 aliphatic rings. The Bertz CT molecular complexity index is 582. The molecule has 0 spiro atoms. The molecule has 2 heterocycles. The summed E-state index contributed by atoms with van der Waals surface area (Å²) >= 11 is 1.69. The molecule has 2 aromatic rings. The van der Waals surface area contributed by atoms with Crippen LogP contribution in [0.2, 0.25) is 0 Å². The number of methoxy groups -OCH3 is 1. The zero-order chi connectivity index (χ0) is 14.7. The Balaban J connectivity index is 2.02. The smallest absolute Gasteiger partial charge is 0.126 e. The van der Waals surface area contributed by atoms with Gasteiger partial charge >= 0.3 is 0 Å². The molecular formula is C16H19FN2OS. The minimum atomic E-state index is -0.264. The molecule has 5 heteroatoms. The summed E-state index contributed by atoms with van der Waals surface area (Å²) < 4.78 is 18.9. The van der Waals surface area contributed by atoms with Crippen LogP contribution in [0.5, 0.6) is 5.75 Å².